The quantitative estimate of drug-likeness (QED) is 0.287. The van der Waals surface area contributed by atoms with Crippen LogP contribution >= 0.6 is 12.4 Å². The number of nitrogen functional groups attached to an aromatic ring is 1. The molecule has 154 valence electrons. The van der Waals surface area contributed by atoms with E-state index in [9.17, 15) is 18.0 Å². The average molecular weight is 428 g/mol. The number of anilines is 1. The highest BCUT2D eigenvalue weighted by Crippen LogP contribution is 2.40. The molecule has 3 rings (SSSR count). The number of carbonyl (C=O) groups is 1. The molecule has 1 heterocycles. The zero-order chi connectivity index (χ0) is 20.6. The van der Waals surface area contributed by atoms with Crippen molar-refractivity contribution in [2.24, 2.45) is 5.73 Å². The van der Waals surface area contributed by atoms with Crippen LogP contribution in [0.3, 0.4) is 0 Å². The van der Waals surface area contributed by atoms with Gasteiger partial charge in [-0.05, 0) is 42.5 Å². The minimum Gasteiger partial charge on any atom is -0.455 e. The Morgan fingerprint density at radius 2 is 1.79 bits per heavy atom. The number of guanidine groups is 1. The number of aromatic nitrogens is 1. The molecule has 6 N–H and O–H groups in total. The van der Waals surface area contributed by atoms with E-state index in [1.54, 1.807) is 24.3 Å². The van der Waals surface area contributed by atoms with Crippen molar-refractivity contribution in [3.05, 3.63) is 53.7 Å². The highest BCUT2D eigenvalue weighted by atomic mass is 35.5. The number of fused-ring (bicyclic) bond motifs is 1. The predicted molar refractivity (Wildman–Crippen MR) is 105 cm³/mol. The van der Waals surface area contributed by atoms with Crippen molar-refractivity contribution in [1.82, 2.24) is 9.88 Å². The van der Waals surface area contributed by atoms with Crippen LogP contribution in [0.25, 0.3) is 10.9 Å². The Balaban J connectivity index is 0.00000300. The van der Waals surface area contributed by atoms with Crippen molar-refractivity contribution < 1.29 is 22.7 Å². The highest BCUT2D eigenvalue weighted by Gasteiger charge is 2.34. The molecule has 11 heteroatoms. The summed E-state index contributed by atoms with van der Waals surface area (Å²) in [6.07, 6.45) is -4.63. The molecule has 0 saturated carbocycles. The number of hydrogen-bond donors (Lipinski definition) is 4. The van der Waals surface area contributed by atoms with Crippen molar-refractivity contribution in [2.45, 2.75) is 6.18 Å². The fraction of sp³-hybridized carbons (Fsp3) is 0.111. The van der Waals surface area contributed by atoms with Crippen LogP contribution in [0.4, 0.5) is 18.9 Å². The minimum absolute atomic E-state index is 0. The summed E-state index contributed by atoms with van der Waals surface area (Å²) < 4.78 is 45.9. The topological polar surface area (TPSA) is 121 Å². The van der Waals surface area contributed by atoms with E-state index in [0.29, 0.717) is 11.4 Å². The zero-order valence-electron chi connectivity index (χ0n) is 15.0. The van der Waals surface area contributed by atoms with Crippen LogP contribution in [0.5, 0.6) is 11.5 Å². The van der Waals surface area contributed by atoms with E-state index >= 15 is 0 Å². The van der Waals surface area contributed by atoms with Gasteiger partial charge in [-0.3, -0.25) is 15.1 Å². The number of hydrogen-bond acceptors (Lipinski definition) is 4. The maximum atomic E-state index is 13.4. The Kier molecular flexibility index (Phi) is 5.98. The summed E-state index contributed by atoms with van der Waals surface area (Å²) in [7, 11) is 1.24. The van der Waals surface area contributed by atoms with Gasteiger partial charge in [0.2, 0.25) is 0 Å². The third-order valence-corrected chi connectivity index (χ3v) is 4.07. The van der Waals surface area contributed by atoms with Gasteiger partial charge in [0.15, 0.2) is 11.7 Å². The van der Waals surface area contributed by atoms with E-state index in [1.165, 1.54) is 13.1 Å². The lowest BCUT2D eigenvalue weighted by atomic mass is 10.1. The number of H-pyrrole nitrogens is 1. The predicted octanol–water partition coefficient (Wildman–Crippen LogP) is 3.95. The maximum absolute atomic E-state index is 13.4. The number of nitrogens with one attached hydrogen (secondary N) is 2. The van der Waals surface area contributed by atoms with E-state index in [2.05, 4.69) is 4.98 Å². The first-order valence-corrected chi connectivity index (χ1v) is 7.96. The molecule has 29 heavy (non-hydrogen) atoms. The molecular formula is C18H17ClF3N5O2. The highest BCUT2D eigenvalue weighted by molar-refractivity contribution is 6.06. The molecule has 1 aromatic heterocycles. The second kappa shape index (κ2) is 7.92. The molecule has 1 amide bonds. The largest absolute Gasteiger partial charge is 0.455 e. The second-order valence-corrected chi connectivity index (χ2v) is 6.00. The number of nitrogens with zero attached hydrogens (tertiary/aromatic N) is 1. The third-order valence-electron chi connectivity index (χ3n) is 4.07. The first kappa shape index (κ1) is 21.9. The van der Waals surface area contributed by atoms with Crippen molar-refractivity contribution in [1.29, 1.82) is 5.41 Å². The number of carbonyl (C=O) groups excluding carboxylic acids is 1. The Bertz CT molecular complexity index is 1060. The average Bonchev–Trinajstić information content (AvgIpc) is 3.06. The molecule has 0 saturated heterocycles. The molecule has 0 aliphatic rings. The van der Waals surface area contributed by atoms with Gasteiger partial charge in [0.05, 0.1) is 11.1 Å². The van der Waals surface area contributed by atoms with Crippen LogP contribution < -0.4 is 16.2 Å². The van der Waals surface area contributed by atoms with Crippen LogP contribution in [-0.2, 0) is 6.18 Å². The molecule has 3 aromatic rings. The molecule has 0 fully saturated rings. The molecule has 0 aliphatic carbocycles. The number of nitrogens with two attached hydrogens (primary N) is 2. The number of benzene rings is 2. The Morgan fingerprint density at radius 3 is 2.34 bits per heavy atom. The summed E-state index contributed by atoms with van der Waals surface area (Å²) in [5.74, 6) is -0.843. The first-order chi connectivity index (χ1) is 13.1. The molecule has 0 atom stereocenters. The molecular weight excluding hydrogens is 411 g/mol. The fourth-order valence-corrected chi connectivity index (χ4v) is 2.59. The Hall–Kier alpha value is -3.40. The summed E-state index contributed by atoms with van der Waals surface area (Å²) in [6.45, 7) is 0. The SMILES string of the molecule is CN(C(=N)N)C(=O)c1cc2c(C(F)(F)F)ccc(Oc3ccc(N)cc3)c2[nH]1.Cl. The van der Waals surface area contributed by atoms with Crippen molar-refractivity contribution in [2.75, 3.05) is 12.8 Å². The molecule has 7 nitrogen and oxygen atoms in total. The maximum Gasteiger partial charge on any atom is 0.417 e. The standard InChI is InChI=1S/C18H16F3N5O2.ClH/c1-26(17(23)24)16(27)13-8-11-12(18(19,20)21)6-7-14(15(11)25-13)28-10-4-2-9(22)3-5-10;/h2-8,25H,22H2,1H3,(H3,23,24);1H. The normalized spacial score (nSPS) is 11.0. The first-order valence-electron chi connectivity index (χ1n) is 7.96. The summed E-state index contributed by atoms with van der Waals surface area (Å²) >= 11 is 0. The van der Waals surface area contributed by atoms with E-state index in [0.717, 1.165) is 17.0 Å². The van der Waals surface area contributed by atoms with Gasteiger partial charge in [-0.1, -0.05) is 0 Å². The number of amides is 1. The van der Waals surface area contributed by atoms with Crippen molar-refractivity contribution >= 4 is 40.9 Å². The molecule has 0 aliphatic heterocycles. The summed E-state index contributed by atoms with van der Waals surface area (Å²) in [4.78, 5) is 15.8. The van der Waals surface area contributed by atoms with Gasteiger partial charge in [-0.2, -0.15) is 13.2 Å². The number of rotatable bonds is 3. The zero-order valence-corrected chi connectivity index (χ0v) is 15.8. The molecule has 0 unspecified atom stereocenters. The lowest BCUT2D eigenvalue weighted by molar-refractivity contribution is -0.136. The summed E-state index contributed by atoms with van der Waals surface area (Å²) in [6, 6.07) is 9.42. The monoisotopic (exact) mass is 427 g/mol. The van der Waals surface area contributed by atoms with Crippen molar-refractivity contribution in [3.8, 4) is 11.5 Å². The number of alkyl halides is 3. The van der Waals surface area contributed by atoms with Crippen LogP contribution in [0.1, 0.15) is 16.1 Å². The van der Waals surface area contributed by atoms with Gasteiger partial charge in [0.1, 0.15) is 11.4 Å². The summed E-state index contributed by atoms with van der Waals surface area (Å²) in [5, 5.41) is 7.08. The molecule has 2 aromatic carbocycles. The van der Waals surface area contributed by atoms with Gasteiger partial charge in [-0.15, -0.1) is 12.4 Å². The van der Waals surface area contributed by atoms with Crippen LogP contribution in [0.2, 0.25) is 0 Å². The Labute approximate surface area is 169 Å². The van der Waals surface area contributed by atoms with Crippen molar-refractivity contribution in [3.63, 3.8) is 0 Å². The molecule has 0 spiro atoms. The number of halogens is 4. The Morgan fingerprint density at radius 1 is 1.17 bits per heavy atom. The minimum atomic E-state index is -4.63. The van der Waals surface area contributed by atoms with Gasteiger partial charge in [0, 0.05) is 18.1 Å². The number of aromatic amines is 1. The van der Waals surface area contributed by atoms with Crippen LogP contribution in [0, 0.1) is 5.41 Å². The lowest BCUT2D eigenvalue weighted by Gasteiger charge is -2.13. The molecule has 0 radical (unpaired) electrons. The van der Waals surface area contributed by atoms with Crippen LogP contribution in [-0.4, -0.2) is 28.8 Å². The van der Waals surface area contributed by atoms with E-state index < -0.39 is 23.6 Å². The second-order valence-electron chi connectivity index (χ2n) is 6.00. The molecule has 0 bridgehead atoms. The van der Waals surface area contributed by atoms with E-state index in [1.807, 2.05) is 0 Å². The van der Waals surface area contributed by atoms with Gasteiger partial charge in [-0.25, -0.2) is 0 Å². The fourth-order valence-electron chi connectivity index (χ4n) is 2.59. The van der Waals surface area contributed by atoms with E-state index in [4.69, 9.17) is 21.6 Å². The summed E-state index contributed by atoms with van der Waals surface area (Å²) in [5.41, 5.74) is 10.3. The smallest absolute Gasteiger partial charge is 0.417 e. The van der Waals surface area contributed by atoms with Gasteiger partial charge >= 0.3 is 6.18 Å². The number of ether oxygens (including phenoxy) is 1. The van der Waals surface area contributed by atoms with Crippen LogP contribution in [0.15, 0.2) is 42.5 Å². The lowest BCUT2D eigenvalue weighted by Crippen LogP contribution is -2.38. The van der Waals surface area contributed by atoms with E-state index in [-0.39, 0.29) is 34.8 Å². The van der Waals surface area contributed by atoms with Gasteiger partial charge < -0.3 is 21.2 Å². The third kappa shape index (κ3) is 4.37. The van der Waals surface area contributed by atoms with Gasteiger partial charge in [0.25, 0.3) is 5.91 Å².